The molecule has 0 radical (unpaired) electrons. The van der Waals surface area contributed by atoms with E-state index in [1.54, 1.807) is 0 Å². The number of hydrogen-bond donors (Lipinski definition) is 1. The molecule has 0 aliphatic rings. The van der Waals surface area contributed by atoms with E-state index < -0.39 is 0 Å². The van der Waals surface area contributed by atoms with E-state index in [1.165, 1.54) is 11.1 Å². The molecule has 3 aromatic rings. The summed E-state index contributed by atoms with van der Waals surface area (Å²) in [6.07, 6.45) is 0. The van der Waals surface area contributed by atoms with Crippen LogP contribution in [0.1, 0.15) is 17.0 Å². The standard InChI is InChI=1S/C16H16N2S/c1-12-5-4-6-13(9-12)10-19-11-16-17-14-7-2-3-8-15(14)18-16/h2-9H,10-11H2,1H3,(H,17,18). The topological polar surface area (TPSA) is 28.7 Å². The summed E-state index contributed by atoms with van der Waals surface area (Å²) in [4.78, 5) is 7.95. The van der Waals surface area contributed by atoms with E-state index in [2.05, 4.69) is 47.2 Å². The zero-order chi connectivity index (χ0) is 13.1. The number of benzene rings is 2. The van der Waals surface area contributed by atoms with Gasteiger partial charge in [-0.15, -0.1) is 11.8 Å². The summed E-state index contributed by atoms with van der Waals surface area (Å²) in [6.45, 7) is 2.13. The minimum atomic E-state index is 0.919. The maximum atomic E-state index is 4.59. The van der Waals surface area contributed by atoms with Gasteiger partial charge in [0.2, 0.25) is 0 Å². The molecule has 0 fully saturated rings. The van der Waals surface area contributed by atoms with Gasteiger partial charge in [0.1, 0.15) is 5.82 Å². The van der Waals surface area contributed by atoms with E-state index in [4.69, 9.17) is 0 Å². The lowest BCUT2D eigenvalue weighted by molar-refractivity contribution is 1.14. The first-order chi connectivity index (χ1) is 9.31. The molecule has 1 aromatic heterocycles. The molecule has 0 unspecified atom stereocenters. The van der Waals surface area contributed by atoms with Crippen LogP contribution in [0.5, 0.6) is 0 Å². The van der Waals surface area contributed by atoms with Crippen LogP contribution in [0.25, 0.3) is 11.0 Å². The van der Waals surface area contributed by atoms with E-state index in [0.29, 0.717) is 0 Å². The second kappa shape index (κ2) is 5.49. The van der Waals surface area contributed by atoms with Crippen molar-refractivity contribution in [1.82, 2.24) is 9.97 Å². The van der Waals surface area contributed by atoms with Crippen molar-refractivity contribution in [3.63, 3.8) is 0 Å². The zero-order valence-corrected chi connectivity index (χ0v) is 11.7. The number of nitrogens with one attached hydrogen (secondary N) is 1. The predicted octanol–water partition coefficient (Wildman–Crippen LogP) is 4.30. The molecule has 3 rings (SSSR count). The van der Waals surface area contributed by atoms with Gasteiger partial charge in [0, 0.05) is 5.75 Å². The fourth-order valence-electron chi connectivity index (χ4n) is 2.14. The van der Waals surface area contributed by atoms with Crippen LogP contribution in [-0.4, -0.2) is 9.97 Å². The molecule has 2 nitrogen and oxygen atoms in total. The van der Waals surface area contributed by atoms with Gasteiger partial charge >= 0.3 is 0 Å². The Labute approximate surface area is 117 Å². The number of imidazole rings is 1. The van der Waals surface area contributed by atoms with Gasteiger partial charge in [0.15, 0.2) is 0 Å². The van der Waals surface area contributed by atoms with Crippen molar-refractivity contribution in [2.75, 3.05) is 0 Å². The van der Waals surface area contributed by atoms with Crippen molar-refractivity contribution in [3.05, 3.63) is 65.5 Å². The van der Waals surface area contributed by atoms with Crippen molar-refractivity contribution >= 4 is 22.8 Å². The molecule has 0 aliphatic carbocycles. The highest BCUT2D eigenvalue weighted by Crippen LogP contribution is 2.19. The average Bonchev–Trinajstić information content (AvgIpc) is 2.81. The van der Waals surface area contributed by atoms with Crippen molar-refractivity contribution in [2.45, 2.75) is 18.4 Å². The van der Waals surface area contributed by atoms with Crippen LogP contribution < -0.4 is 0 Å². The SMILES string of the molecule is Cc1cccc(CSCc2nc3ccccc3[nH]2)c1. The third-order valence-electron chi connectivity index (χ3n) is 3.03. The summed E-state index contributed by atoms with van der Waals surface area (Å²) in [5.41, 5.74) is 4.87. The van der Waals surface area contributed by atoms with Crippen molar-refractivity contribution in [1.29, 1.82) is 0 Å². The first kappa shape index (κ1) is 12.3. The average molecular weight is 268 g/mol. The highest BCUT2D eigenvalue weighted by molar-refractivity contribution is 7.97. The van der Waals surface area contributed by atoms with Crippen LogP contribution in [0.15, 0.2) is 48.5 Å². The van der Waals surface area contributed by atoms with Gasteiger partial charge in [-0.25, -0.2) is 4.98 Å². The second-order valence-electron chi connectivity index (χ2n) is 4.68. The Kier molecular flexibility index (Phi) is 3.56. The lowest BCUT2D eigenvalue weighted by atomic mass is 10.2. The Morgan fingerprint density at radius 1 is 1.05 bits per heavy atom. The van der Waals surface area contributed by atoms with E-state index >= 15 is 0 Å². The molecule has 96 valence electrons. The Bertz CT molecular complexity index is 655. The highest BCUT2D eigenvalue weighted by atomic mass is 32.2. The monoisotopic (exact) mass is 268 g/mol. The van der Waals surface area contributed by atoms with Crippen LogP contribution in [0.3, 0.4) is 0 Å². The number of aromatic amines is 1. The van der Waals surface area contributed by atoms with Crippen LogP contribution >= 0.6 is 11.8 Å². The Morgan fingerprint density at radius 3 is 2.79 bits per heavy atom. The molecule has 0 spiro atoms. The van der Waals surface area contributed by atoms with Gasteiger partial charge in [-0.1, -0.05) is 42.0 Å². The third kappa shape index (κ3) is 2.99. The number of aromatic nitrogens is 2. The first-order valence-corrected chi connectivity index (χ1v) is 7.54. The number of nitrogens with zero attached hydrogens (tertiary/aromatic N) is 1. The van der Waals surface area contributed by atoms with Crippen molar-refractivity contribution in [2.24, 2.45) is 0 Å². The lowest BCUT2D eigenvalue weighted by Gasteiger charge is -2.01. The molecule has 1 N–H and O–H groups in total. The van der Waals surface area contributed by atoms with Crippen LogP contribution in [-0.2, 0) is 11.5 Å². The molecule has 0 atom stereocenters. The minimum Gasteiger partial charge on any atom is -0.341 e. The van der Waals surface area contributed by atoms with Gasteiger partial charge in [0.05, 0.1) is 16.8 Å². The normalized spacial score (nSPS) is 11.0. The predicted molar refractivity (Wildman–Crippen MR) is 82.3 cm³/mol. The lowest BCUT2D eigenvalue weighted by Crippen LogP contribution is -1.86. The van der Waals surface area contributed by atoms with E-state index in [0.717, 1.165) is 28.4 Å². The number of hydrogen-bond acceptors (Lipinski definition) is 2. The van der Waals surface area contributed by atoms with Crippen LogP contribution in [0.2, 0.25) is 0 Å². The zero-order valence-electron chi connectivity index (χ0n) is 10.9. The van der Waals surface area contributed by atoms with Gasteiger partial charge < -0.3 is 4.98 Å². The second-order valence-corrected chi connectivity index (χ2v) is 5.67. The van der Waals surface area contributed by atoms with Crippen molar-refractivity contribution < 1.29 is 0 Å². The van der Waals surface area contributed by atoms with Gasteiger partial charge in [-0.2, -0.15) is 0 Å². The number of rotatable bonds is 4. The molecule has 19 heavy (non-hydrogen) atoms. The summed E-state index contributed by atoms with van der Waals surface area (Å²) < 4.78 is 0. The summed E-state index contributed by atoms with van der Waals surface area (Å²) in [5, 5.41) is 0. The molecule has 3 heteroatoms. The van der Waals surface area contributed by atoms with Gasteiger partial charge in [0.25, 0.3) is 0 Å². The smallest absolute Gasteiger partial charge is 0.117 e. The molecule has 2 aromatic carbocycles. The Hall–Kier alpha value is -1.74. The number of H-pyrrole nitrogens is 1. The largest absolute Gasteiger partial charge is 0.341 e. The number of fused-ring (bicyclic) bond motifs is 1. The summed E-state index contributed by atoms with van der Waals surface area (Å²) >= 11 is 1.89. The minimum absolute atomic E-state index is 0.919. The van der Waals surface area contributed by atoms with E-state index in [-0.39, 0.29) is 0 Å². The third-order valence-corrected chi connectivity index (χ3v) is 4.04. The maximum Gasteiger partial charge on any atom is 0.117 e. The summed E-state index contributed by atoms with van der Waals surface area (Å²) in [7, 11) is 0. The van der Waals surface area contributed by atoms with Crippen LogP contribution in [0, 0.1) is 6.92 Å². The van der Waals surface area contributed by atoms with E-state index in [9.17, 15) is 0 Å². The molecular formula is C16H16N2S. The number of thioether (sulfide) groups is 1. The quantitative estimate of drug-likeness (QED) is 0.764. The summed E-state index contributed by atoms with van der Waals surface area (Å²) in [6, 6.07) is 16.8. The molecule has 0 saturated heterocycles. The highest BCUT2D eigenvalue weighted by Gasteiger charge is 2.02. The maximum absolute atomic E-state index is 4.59. The fraction of sp³-hybridized carbons (Fsp3) is 0.188. The fourth-order valence-corrected chi connectivity index (χ4v) is 2.99. The Morgan fingerprint density at radius 2 is 1.95 bits per heavy atom. The summed E-state index contributed by atoms with van der Waals surface area (Å²) in [5.74, 6) is 3.00. The van der Waals surface area contributed by atoms with Crippen LogP contribution in [0.4, 0.5) is 0 Å². The molecule has 1 heterocycles. The van der Waals surface area contributed by atoms with E-state index in [1.807, 2.05) is 30.0 Å². The van der Waals surface area contributed by atoms with Gasteiger partial charge in [-0.05, 0) is 24.6 Å². The van der Waals surface area contributed by atoms with Crippen molar-refractivity contribution in [3.8, 4) is 0 Å². The molecule has 0 bridgehead atoms. The molecule has 0 aliphatic heterocycles. The molecule has 0 saturated carbocycles. The molecular weight excluding hydrogens is 252 g/mol. The first-order valence-electron chi connectivity index (χ1n) is 6.38. The molecule has 0 amide bonds. The number of aryl methyl sites for hydroxylation is 1. The number of para-hydroxylation sites is 2. The Balaban J connectivity index is 1.63. The van der Waals surface area contributed by atoms with Gasteiger partial charge in [-0.3, -0.25) is 0 Å².